The molecule has 0 bridgehead atoms. The van der Waals surface area contributed by atoms with Crippen molar-refractivity contribution < 1.29 is 9.59 Å². The first-order valence-electron chi connectivity index (χ1n) is 11.8. The third-order valence-corrected chi connectivity index (χ3v) is 6.75. The molecule has 4 rings (SSSR count). The second-order valence-corrected chi connectivity index (χ2v) is 8.94. The normalized spacial score (nSPS) is 18.0. The van der Waals surface area contributed by atoms with E-state index in [1.807, 2.05) is 47.4 Å². The van der Waals surface area contributed by atoms with E-state index < -0.39 is 6.04 Å². The lowest BCUT2D eigenvalue weighted by atomic mass is 9.97. The van der Waals surface area contributed by atoms with E-state index in [-0.39, 0.29) is 23.8 Å². The van der Waals surface area contributed by atoms with E-state index in [9.17, 15) is 9.59 Å². The number of anilines is 1. The van der Waals surface area contributed by atoms with Crippen molar-refractivity contribution in [3.63, 3.8) is 0 Å². The zero-order valence-electron chi connectivity index (χ0n) is 18.6. The number of hydrogen-bond donors (Lipinski definition) is 2. The van der Waals surface area contributed by atoms with Gasteiger partial charge in [-0.05, 0) is 55.2 Å². The average molecular weight is 432 g/mol. The Hall–Kier alpha value is -2.92. The molecule has 0 spiro atoms. The summed E-state index contributed by atoms with van der Waals surface area (Å²) in [7, 11) is 0. The van der Waals surface area contributed by atoms with Crippen LogP contribution in [0.1, 0.15) is 43.2 Å². The Morgan fingerprint density at radius 1 is 1.06 bits per heavy atom. The van der Waals surface area contributed by atoms with Gasteiger partial charge in [-0.25, -0.2) is 0 Å². The van der Waals surface area contributed by atoms with E-state index in [1.165, 1.54) is 11.1 Å². The Kier molecular flexibility index (Phi) is 7.38. The third kappa shape index (κ3) is 5.46. The first-order chi connectivity index (χ1) is 15.6. The number of amides is 2. The highest BCUT2D eigenvalue weighted by Crippen LogP contribution is 2.28. The molecule has 5 nitrogen and oxygen atoms in total. The Morgan fingerprint density at radius 3 is 2.56 bits per heavy atom. The number of nitrogens with two attached hydrogens (primary N) is 1. The van der Waals surface area contributed by atoms with Gasteiger partial charge in [0.1, 0.15) is 0 Å². The van der Waals surface area contributed by atoms with Crippen LogP contribution < -0.4 is 16.0 Å². The summed E-state index contributed by atoms with van der Waals surface area (Å²) in [6, 6.07) is 17.5. The van der Waals surface area contributed by atoms with Gasteiger partial charge in [-0.1, -0.05) is 67.4 Å². The van der Waals surface area contributed by atoms with Crippen LogP contribution in [-0.2, 0) is 22.4 Å². The maximum Gasteiger partial charge on any atom is 0.250 e. The Bertz CT molecular complexity index is 950. The van der Waals surface area contributed by atoms with Crippen molar-refractivity contribution in [2.45, 2.75) is 57.0 Å². The minimum Gasteiger partial charge on any atom is -0.349 e. The predicted octanol–water partition coefficient (Wildman–Crippen LogP) is 3.77. The number of rotatable bonds is 8. The molecule has 0 saturated heterocycles. The highest BCUT2D eigenvalue weighted by atomic mass is 16.2. The van der Waals surface area contributed by atoms with Gasteiger partial charge in [0.05, 0.1) is 6.04 Å². The summed E-state index contributed by atoms with van der Waals surface area (Å²) in [5.74, 6) is 0.101. The highest BCUT2D eigenvalue weighted by Gasteiger charge is 2.28. The van der Waals surface area contributed by atoms with E-state index in [0.29, 0.717) is 13.0 Å². The second kappa shape index (κ2) is 10.6. The number of benzene rings is 2. The quantitative estimate of drug-likeness (QED) is 0.625. The topological polar surface area (TPSA) is 75.4 Å². The summed E-state index contributed by atoms with van der Waals surface area (Å²) < 4.78 is 0. The number of nitrogens with one attached hydrogen (secondary N) is 1. The average Bonchev–Trinajstić information content (AvgIpc) is 3.51. The fourth-order valence-corrected chi connectivity index (χ4v) is 4.85. The zero-order chi connectivity index (χ0) is 22.3. The van der Waals surface area contributed by atoms with Crippen LogP contribution in [-0.4, -0.2) is 30.4 Å². The molecule has 2 aliphatic rings. The SMILES string of the molecule is NC(C(=O)N[C@H](/C=C/C(=O)N1CCc2ccccc21)CCc1ccccc1)C1CCCC1. The molecule has 2 aromatic carbocycles. The van der Waals surface area contributed by atoms with Gasteiger partial charge in [-0.2, -0.15) is 0 Å². The third-order valence-electron chi connectivity index (χ3n) is 6.75. The molecule has 2 atom stereocenters. The van der Waals surface area contributed by atoms with Crippen molar-refractivity contribution in [2.24, 2.45) is 11.7 Å². The van der Waals surface area contributed by atoms with Gasteiger partial charge >= 0.3 is 0 Å². The molecule has 1 fully saturated rings. The molecule has 1 saturated carbocycles. The van der Waals surface area contributed by atoms with Crippen LogP contribution in [0.3, 0.4) is 0 Å². The molecular formula is C27H33N3O2. The fraction of sp³-hybridized carbons (Fsp3) is 0.407. The van der Waals surface area contributed by atoms with Gasteiger partial charge < -0.3 is 16.0 Å². The maximum absolute atomic E-state index is 12.9. The maximum atomic E-state index is 12.9. The fourth-order valence-electron chi connectivity index (χ4n) is 4.85. The molecular weight excluding hydrogens is 398 g/mol. The van der Waals surface area contributed by atoms with Crippen molar-refractivity contribution in [3.8, 4) is 0 Å². The van der Waals surface area contributed by atoms with Gasteiger partial charge in [0.15, 0.2) is 0 Å². The lowest BCUT2D eigenvalue weighted by Crippen LogP contribution is -2.48. The highest BCUT2D eigenvalue weighted by molar-refractivity contribution is 6.03. The van der Waals surface area contributed by atoms with Crippen molar-refractivity contribution >= 4 is 17.5 Å². The van der Waals surface area contributed by atoms with E-state index in [4.69, 9.17) is 5.73 Å². The number of fused-ring (bicyclic) bond motifs is 1. The second-order valence-electron chi connectivity index (χ2n) is 8.94. The Morgan fingerprint density at radius 2 is 1.78 bits per heavy atom. The van der Waals surface area contributed by atoms with Crippen molar-refractivity contribution in [2.75, 3.05) is 11.4 Å². The number of hydrogen-bond acceptors (Lipinski definition) is 3. The molecule has 1 aliphatic heterocycles. The summed E-state index contributed by atoms with van der Waals surface area (Å²) in [4.78, 5) is 27.6. The summed E-state index contributed by atoms with van der Waals surface area (Å²) in [5, 5.41) is 3.11. The van der Waals surface area contributed by atoms with Gasteiger partial charge in [0, 0.05) is 24.4 Å². The minimum absolute atomic E-state index is 0.0472. The van der Waals surface area contributed by atoms with Crippen LogP contribution in [0.4, 0.5) is 5.69 Å². The van der Waals surface area contributed by atoms with Crippen LogP contribution in [0, 0.1) is 5.92 Å². The monoisotopic (exact) mass is 431 g/mol. The van der Waals surface area contributed by atoms with E-state index in [1.54, 1.807) is 6.08 Å². The minimum atomic E-state index is -0.480. The molecule has 168 valence electrons. The summed E-state index contributed by atoms with van der Waals surface area (Å²) in [5.41, 5.74) is 9.67. The molecule has 0 radical (unpaired) electrons. The number of carbonyl (C=O) groups excluding carboxylic acids is 2. The molecule has 1 heterocycles. The van der Waals surface area contributed by atoms with Crippen molar-refractivity contribution in [1.29, 1.82) is 0 Å². The van der Waals surface area contributed by atoms with Crippen LogP contribution in [0.15, 0.2) is 66.7 Å². The van der Waals surface area contributed by atoms with E-state index in [0.717, 1.165) is 44.2 Å². The molecule has 3 N–H and O–H groups in total. The van der Waals surface area contributed by atoms with Crippen LogP contribution in [0.2, 0.25) is 0 Å². The summed E-state index contributed by atoms with van der Waals surface area (Å²) in [6.45, 7) is 0.691. The van der Waals surface area contributed by atoms with Gasteiger partial charge in [0.2, 0.25) is 5.91 Å². The summed E-state index contributed by atoms with van der Waals surface area (Å²) in [6.07, 6.45) is 10.2. The Labute approximate surface area is 190 Å². The van der Waals surface area contributed by atoms with Crippen molar-refractivity contribution in [1.82, 2.24) is 5.32 Å². The zero-order valence-corrected chi connectivity index (χ0v) is 18.6. The van der Waals surface area contributed by atoms with E-state index in [2.05, 4.69) is 23.5 Å². The molecule has 2 aromatic rings. The molecule has 5 heteroatoms. The number of para-hydroxylation sites is 1. The number of carbonyl (C=O) groups is 2. The Balaban J connectivity index is 1.43. The number of nitrogens with zero attached hydrogens (tertiary/aromatic N) is 1. The molecule has 2 amide bonds. The molecule has 32 heavy (non-hydrogen) atoms. The predicted molar refractivity (Wildman–Crippen MR) is 128 cm³/mol. The molecule has 1 aliphatic carbocycles. The number of aryl methyl sites for hydroxylation is 1. The smallest absolute Gasteiger partial charge is 0.250 e. The van der Waals surface area contributed by atoms with Crippen LogP contribution >= 0.6 is 0 Å². The van der Waals surface area contributed by atoms with Crippen LogP contribution in [0.5, 0.6) is 0 Å². The molecule has 1 unspecified atom stereocenters. The first-order valence-corrected chi connectivity index (χ1v) is 11.8. The van der Waals surface area contributed by atoms with Gasteiger partial charge in [0.25, 0.3) is 5.91 Å². The standard InChI is InChI=1S/C27H33N3O2/c28-26(22-11-4-5-12-22)27(32)29-23(15-14-20-8-2-1-3-9-20)16-17-25(31)30-19-18-21-10-6-7-13-24(21)30/h1-3,6-10,13,16-17,22-23,26H,4-5,11-12,14-15,18-19,28H2,(H,29,32)/b17-16+/t23-,26?/m0/s1. The van der Waals surface area contributed by atoms with Gasteiger partial charge in [-0.15, -0.1) is 0 Å². The molecule has 0 aromatic heterocycles. The largest absolute Gasteiger partial charge is 0.349 e. The first kappa shape index (κ1) is 22.3. The van der Waals surface area contributed by atoms with E-state index >= 15 is 0 Å². The lowest BCUT2D eigenvalue weighted by Gasteiger charge is -2.22. The van der Waals surface area contributed by atoms with Gasteiger partial charge in [-0.3, -0.25) is 9.59 Å². The summed E-state index contributed by atoms with van der Waals surface area (Å²) >= 11 is 0. The lowest BCUT2D eigenvalue weighted by molar-refractivity contribution is -0.124. The van der Waals surface area contributed by atoms with Crippen molar-refractivity contribution in [3.05, 3.63) is 77.9 Å². The van der Waals surface area contributed by atoms with Crippen LogP contribution in [0.25, 0.3) is 0 Å².